The van der Waals surface area contributed by atoms with Gasteiger partial charge in [0.2, 0.25) is 0 Å². The van der Waals surface area contributed by atoms with Crippen molar-refractivity contribution < 1.29 is 9.47 Å². The van der Waals surface area contributed by atoms with E-state index in [0.29, 0.717) is 0 Å². The molecule has 0 bridgehead atoms. The summed E-state index contributed by atoms with van der Waals surface area (Å²) in [5.41, 5.74) is 2.54. The molecule has 0 aliphatic carbocycles. The summed E-state index contributed by atoms with van der Waals surface area (Å²) >= 11 is 0. The van der Waals surface area contributed by atoms with Crippen molar-refractivity contribution in [1.82, 2.24) is 10.2 Å². The Labute approximate surface area is 115 Å². The number of ether oxygens (including phenoxy) is 2. The van der Waals surface area contributed by atoms with E-state index in [9.17, 15) is 0 Å². The van der Waals surface area contributed by atoms with Crippen molar-refractivity contribution >= 4 is 0 Å². The second-order valence-corrected chi connectivity index (χ2v) is 4.93. The van der Waals surface area contributed by atoms with Gasteiger partial charge in [0.15, 0.2) is 11.5 Å². The average molecular weight is 264 g/mol. The Balaban J connectivity index is 2.03. The molecule has 0 saturated carbocycles. The molecular weight excluding hydrogens is 240 g/mol. The van der Waals surface area contributed by atoms with E-state index in [1.165, 1.54) is 11.1 Å². The van der Waals surface area contributed by atoms with Crippen LogP contribution in [0.2, 0.25) is 0 Å². The van der Waals surface area contributed by atoms with E-state index >= 15 is 0 Å². The molecule has 106 valence electrons. The molecule has 19 heavy (non-hydrogen) atoms. The Bertz CT molecular complexity index is 415. The summed E-state index contributed by atoms with van der Waals surface area (Å²) in [7, 11) is 3.38. The van der Waals surface area contributed by atoms with Gasteiger partial charge in [-0.15, -0.1) is 0 Å². The zero-order valence-electron chi connectivity index (χ0n) is 12.2. The van der Waals surface area contributed by atoms with Gasteiger partial charge in [0.05, 0.1) is 14.2 Å². The van der Waals surface area contributed by atoms with Crippen molar-refractivity contribution in [3.8, 4) is 11.5 Å². The lowest BCUT2D eigenvalue weighted by molar-refractivity contribution is 0.243. The summed E-state index contributed by atoms with van der Waals surface area (Å²) in [6, 6.07) is 4.15. The predicted octanol–water partition coefficient (Wildman–Crippen LogP) is 1.46. The molecule has 0 amide bonds. The molecule has 1 fully saturated rings. The highest BCUT2D eigenvalue weighted by Crippen LogP contribution is 2.32. The van der Waals surface area contributed by atoms with E-state index in [4.69, 9.17) is 9.47 Å². The summed E-state index contributed by atoms with van der Waals surface area (Å²) in [5.74, 6) is 1.67. The number of nitrogens with zero attached hydrogens (tertiary/aromatic N) is 1. The fourth-order valence-corrected chi connectivity index (χ4v) is 2.61. The lowest BCUT2D eigenvalue weighted by atomic mass is 10.0. The molecule has 0 atom stereocenters. The van der Waals surface area contributed by atoms with Crippen LogP contribution in [0.25, 0.3) is 0 Å². The standard InChI is InChI=1S/C15H24N2O2/c1-12-13(4-5-14(18-2)15(12)19-3)6-9-17-10-7-16-8-11-17/h4-5,16H,6-11H2,1-3H3. The van der Waals surface area contributed by atoms with Gasteiger partial charge in [0, 0.05) is 32.7 Å². The fourth-order valence-electron chi connectivity index (χ4n) is 2.61. The number of hydrogen-bond donors (Lipinski definition) is 1. The SMILES string of the molecule is COc1ccc(CCN2CCNCC2)c(C)c1OC. The molecule has 4 nitrogen and oxygen atoms in total. The topological polar surface area (TPSA) is 33.7 Å². The van der Waals surface area contributed by atoms with E-state index in [2.05, 4.69) is 23.2 Å². The minimum Gasteiger partial charge on any atom is -0.493 e. The van der Waals surface area contributed by atoms with Crippen LogP contribution in [0, 0.1) is 6.92 Å². The molecule has 1 saturated heterocycles. The number of nitrogens with one attached hydrogen (secondary N) is 1. The van der Waals surface area contributed by atoms with E-state index in [-0.39, 0.29) is 0 Å². The van der Waals surface area contributed by atoms with Crippen LogP contribution in [-0.2, 0) is 6.42 Å². The first kappa shape index (κ1) is 14.2. The molecule has 2 rings (SSSR count). The molecule has 1 aliphatic rings. The monoisotopic (exact) mass is 264 g/mol. The molecule has 1 aromatic carbocycles. The van der Waals surface area contributed by atoms with E-state index in [1.54, 1.807) is 14.2 Å². The van der Waals surface area contributed by atoms with Gasteiger partial charge in [0.25, 0.3) is 0 Å². The molecular formula is C15H24N2O2. The lowest BCUT2D eigenvalue weighted by Crippen LogP contribution is -2.44. The Morgan fingerprint density at radius 2 is 1.89 bits per heavy atom. The predicted molar refractivity (Wildman–Crippen MR) is 77.3 cm³/mol. The molecule has 0 unspecified atom stereocenters. The molecule has 0 aromatic heterocycles. The molecule has 4 heteroatoms. The molecule has 1 heterocycles. The van der Waals surface area contributed by atoms with Crippen LogP contribution in [0.5, 0.6) is 11.5 Å². The van der Waals surface area contributed by atoms with Crippen molar-refractivity contribution in [2.45, 2.75) is 13.3 Å². The van der Waals surface area contributed by atoms with Crippen molar-refractivity contribution in [3.63, 3.8) is 0 Å². The first-order valence-electron chi connectivity index (χ1n) is 6.89. The normalized spacial score (nSPS) is 16.4. The summed E-state index contributed by atoms with van der Waals surface area (Å²) in [6.07, 6.45) is 1.06. The third-order valence-corrected chi connectivity index (χ3v) is 3.81. The highest BCUT2D eigenvalue weighted by atomic mass is 16.5. The minimum atomic E-state index is 0.811. The summed E-state index contributed by atoms with van der Waals surface area (Å²) < 4.78 is 10.8. The Hall–Kier alpha value is -1.26. The van der Waals surface area contributed by atoms with Crippen molar-refractivity contribution in [2.75, 3.05) is 46.9 Å². The maximum atomic E-state index is 5.45. The summed E-state index contributed by atoms with van der Waals surface area (Å²) in [5, 5.41) is 3.38. The molecule has 0 radical (unpaired) electrons. The number of methoxy groups -OCH3 is 2. The quantitative estimate of drug-likeness (QED) is 0.873. The fraction of sp³-hybridized carbons (Fsp3) is 0.600. The van der Waals surface area contributed by atoms with Crippen LogP contribution >= 0.6 is 0 Å². The minimum absolute atomic E-state index is 0.811. The second-order valence-electron chi connectivity index (χ2n) is 4.93. The Kier molecular flexibility index (Phi) is 5.05. The molecule has 0 spiro atoms. The van der Waals surface area contributed by atoms with Crippen molar-refractivity contribution in [2.24, 2.45) is 0 Å². The van der Waals surface area contributed by atoms with Crippen LogP contribution in [0.15, 0.2) is 12.1 Å². The number of piperazine rings is 1. The third-order valence-electron chi connectivity index (χ3n) is 3.81. The largest absolute Gasteiger partial charge is 0.493 e. The van der Waals surface area contributed by atoms with Gasteiger partial charge in [-0.05, 0) is 30.5 Å². The third kappa shape index (κ3) is 3.39. The van der Waals surface area contributed by atoms with Gasteiger partial charge < -0.3 is 19.7 Å². The van der Waals surface area contributed by atoms with Crippen LogP contribution in [-0.4, -0.2) is 51.8 Å². The van der Waals surface area contributed by atoms with Crippen LogP contribution < -0.4 is 14.8 Å². The zero-order chi connectivity index (χ0) is 13.7. The molecule has 1 N–H and O–H groups in total. The number of rotatable bonds is 5. The highest BCUT2D eigenvalue weighted by molar-refractivity contribution is 5.50. The van der Waals surface area contributed by atoms with Gasteiger partial charge >= 0.3 is 0 Å². The van der Waals surface area contributed by atoms with Crippen molar-refractivity contribution in [1.29, 1.82) is 0 Å². The maximum absolute atomic E-state index is 5.45. The van der Waals surface area contributed by atoms with Gasteiger partial charge in [-0.25, -0.2) is 0 Å². The van der Waals surface area contributed by atoms with E-state index < -0.39 is 0 Å². The van der Waals surface area contributed by atoms with Gasteiger partial charge in [-0.1, -0.05) is 6.07 Å². The van der Waals surface area contributed by atoms with Crippen LogP contribution in [0.1, 0.15) is 11.1 Å². The molecule has 1 aromatic rings. The number of hydrogen-bond acceptors (Lipinski definition) is 4. The first-order valence-corrected chi connectivity index (χ1v) is 6.89. The summed E-state index contributed by atoms with van der Waals surface area (Å²) in [6.45, 7) is 7.71. The van der Waals surface area contributed by atoms with Gasteiger partial charge in [-0.2, -0.15) is 0 Å². The maximum Gasteiger partial charge on any atom is 0.163 e. The highest BCUT2D eigenvalue weighted by Gasteiger charge is 2.13. The smallest absolute Gasteiger partial charge is 0.163 e. The summed E-state index contributed by atoms with van der Waals surface area (Å²) in [4.78, 5) is 2.51. The second kappa shape index (κ2) is 6.78. The number of benzene rings is 1. The van der Waals surface area contributed by atoms with Crippen LogP contribution in [0.4, 0.5) is 0 Å². The van der Waals surface area contributed by atoms with Gasteiger partial charge in [-0.3, -0.25) is 0 Å². The first-order chi connectivity index (χ1) is 9.26. The molecule has 1 aliphatic heterocycles. The Morgan fingerprint density at radius 1 is 1.16 bits per heavy atom. The lowest BCUT2D eigenvalue weighted by Gasteiger charge is -2.27. The van der Waals surface area contributed by atoms with E-state index in [0.717, 1.165) is 50.6 Å². The van der Waals surface area contributed by atoms with E-state index in [1.807, 2.05) is 6.07 Å². The van der Waals surface area contributed by atoms with Crippen molar-refractivity contribution in [3.05, 3.63) is 23.3 Å². The van der Waals surface area contributed by atoms with Crippen LogP contribution in [0.3, 0.4) is 0 Å². The van der Waals surface area contributed by atoms with Gasteiger partial charge in [0.1, 0.15) is 0 Å². The zero-order valence-corrected chi connectivity index (χ0v) is 12.2. The average Bonchev–Trinajstić information content (AvgIpc) is 2.46. The Morgan fingerprint density at radius 3 is 2.53 bits per heavy atom.